The molecule has 0 spiro atoms. The molecule has 0 heterocycles. The second-order valence-electron chi connectivity index (χ2n) is 4.54. The molecule has 1 aromatic rings. The molecule has 4 heteroatoms. The summed E-state index contributed by atoms with van der Waals surface area (Å²) >= 11 is 0. The van der Waals surface area contributed by atoms with E-state index in [-0.39, 0.29) is 5.75 Å². The van der Waals surface area contributed by atoms with E-state index < -0.39 is 9.84 Å². The first-order valence-corrected chi connectivity index (χ1v) is 7.62. The van der Waals surface area contributed by atoms with Crippen LogP contribution in [0.5, 0.6) is 0 Å². The number of sulfone groups is 1. The first-order valence-electron chi connectivity index (χ1n) is 5.56. The topological polar surface area (TPSA) is 46.2 Å². The lowest BCUT2D eigenvalue weighted by Crippen LogP contribution is -2.26. The van der Waals surface area contributed by atoms with Gasteiger partial charge >= 0.3 is 0 Å². The largest absolute Gasteiger partial charge is 0.382 e. The summed E-state index contributed by atoms with van der Waals surface area (Å²) in [6, 6.07) is 8.28. The predicted molar refractivity (Wildman–Crippen MR) is 66.3 cm³/mol. The quantitative estimate of drug-likeness (QED) is 0.876. The predicted octanol–water partition coefficient (Wildman–Crippen LogP) is 2.20. The molecule has 1 aromatic carbocycles. The lowest BCUT2D eigenvalue weighted by atomic mass is 9.93. The Labute approximate surface area is 96.8 Å². The zero-order valence-electron chi connectivity index (χ0n) is 9.44. The molecule has 0 radical (unpaired) electrons. The van der Waals surface area contributed by atoms with Gasteiger partial charge in [0.1, 0.15) is 0 Å². The van der Waals surface area contributed by atoms with Crippen molar-refractivity contribution in [2.75, 3.05) is 11.6 Å². The Hall–Kier alpha value is -1.03. The molecule has 1 aliphatic carbocycles. The van der Waals surface area contributed by atoms with Gasteiger partial charge in [-0.1, -0.05) is 12.1 Å². The molecule has 2 rings (SSSR count). The van der Waals surface area contributed by atoms with Gasteiger partial charge in [-0.15, -0.1) is 0 Å². The van der Waals surface area contributed by atoms with Crippen molar-refractivity contribution >= 4 is 15.5 Å². The fraction of sp³-hybridized carbons (Fsp3) is 0.500. The molecule has 1 N–H and O–H groups in total. The second-order valence-corrected chi connectivity index (χ2v) is 6.68. The van der Waals surface area contributed by atoms with E-state index in [2.05, 4.69) is 5.32 Å². The van der Waals surface area contributed by atoms with Gasteiger partial charge in [0.2, 0.25) is 0 Å². The van der Waals surface area contributed by atoms with Crippen molar-refractivity contribution in [2.45, 2.75) is 31.1 Å². The van der Waals surface area contributed by atoms with Gasteiger partial charge in [-0.3, -0.25) is 0 Å². The Morgan fingerprint density at radius 3 is 2.31 bits per heavy atom. The highest BCUT2D eigenvalue weighted by Crippen LogP contribution is 2.23. The van der Waals surface area contributed by atoms with Crippen LogP contribution in [0.1, 0.15) is 24.8 Å². The summed E-state index contributed by atoms with van der Waals surface area (Å²) < 4.78 is 22.2. The van der Waals surface area contributed by atoms with Gasteiger partial charge in [0.15, 0.2) is 9.84 Å². The maximum atomic E-state index is 11.1. The molecular weight excluding hydrogens is 222 g/mol. The Morgan fingerprint density at radius 1 is 1.25 bits per heavy atom. The van der Waals surface area contributed by atoms with Crippen LogP contribution >= 0.6 is 0 Å². The van der Waals surface area contributed by atoms with Crippen molar-refractivity contribution in [3.05, 3.63) is 29.8 Å². The maximum absolute atomic E-state index is 11.1. The Bertz CT molecular complexity index is 446. The standard InChI is InChI=1S/C12H17NO2S/c1-16(14,15)9-10-5-7-12(8-6-10)13-11-3-2-4-11/h5-8,11,13H,2-4,9H2,1H3. The van der Waals surface area contributed by atoms with Crippen LogP contribution < -0.4 is 5.32 Å². The minimum Gasteiger partial charge on any atom is -0.382 e. The molecule has 0 bridgehead atoms. The van der Waals surface area contributed by atoms with E-state index in [1.54, 1.807) is 0 Å². The minimum atomic E-state index is -2.93. The molecule has 3 nitrogen and oxygen atoms in total. The van der Waals surface area contributed by atoms with Gasteiger partial charge in [-0.05, 0) is 37.0 Å². The molecule has 0 atom stereocenters. The third kappa shape index (κ3) is 3.23. The molecule has 1 saturated carbocycles. The Morgan fingerprint density at radius 2 is 1.88 bits per heavy atom. The third-order valence-electron chi connectivity index (χ3n) is 2.86. The summed E-state index contributed by atoms with van der Waals surface area (Å²) in [5.41, 5.74) is 1.93. The van der Waals surface area contributed by atoms with Gasteiger partial charge < -0.3 is 5.32 Å². The molecule has 88 valence electrons. The molecule has 0 saturated heterocycles. The Balaban J connectivity index is 1.98. The van der Waals surface area contributed by atoms with Gasteiger partial charge in [0.25, 0.3) is 0 Å². The number of nitrogens with one attached hydrogen (secondary N) is 1. The van der Waals surface area contributed by atoms with Crippen molar-refractivity contribution in [1.29, 1.82) is 0 Å². The van der Waals surface area contributed by atoms with Crippen LogP contribution in [0.15, 0.2) is 24.3 Å². The lowest BCUT2D eigenvalue weighted by molar-refractivity contribution is 0.445. The van der Waals surface area contributed by atoms with E-state index in [9.17, 15) is 8.42 Å². The van der Waals surface area contributed by atoms with E-state index in [4.69, 9.17) is 0 Å². The van der Waals surface area contributed by atoms with Crippen LogP contribution in [0.2, 0.25) is 0 Å². The van der Waals surface area contributed by atoms with Gasteiger partial charge in [0, 0.05) is 18.0 Å². The summed E-state index contributed by atoms with van der Waals surface area (Å²) in [5, 5.41) is 3.42. The zero-order chi connectivity index (χ0) is 11.6. The normalized spacial score (nSPS) is 16.8. The highest BCUT2D eigenvalue weighted by atomic mass is 32.2. The van der Waals surface area contributed by atoms with E-state index >= 15 is 0 Å². The fourth-order valence-corrected chi connectivity index (χ4v) is 2.59. The molecule has 1 aliphatic rings. The second kappa shape index (κ2) is 4.45. The number of hydrogen-bond donors (Lipinski definition) is 1. The molecular formula is C12H17NO2S. The first kappa shape index (κ1) is 11.5. The van der Waals surface area contributed by atoms with Crippen LogP contribution in [0, 0.1) is 0 Å². The van der Waals surface area contributed by atoms with Crippen molar-refractivity contribution in [1.82, 2.24) is 0 Å². The molecule has 1 fully saturated rings. The molecule has 0 unspecified atom stereocenters. The van der Waals surface area contributed by atoms with E-state index in [1.807, 2.05) is 24.3 Å². The van der Waals surface area contributed by atoms with Crippen LogP contribution in [0.25, 0.3) is 0 Å². The molecule has 0 aliphatic heterocycles. The first-order chi connectivity index (χ1) is 7.53. The van der Waals surface area contributed by atoms with E-state index in [0.29, 0.717) is 6.04 Å². The number of hydrogen-bond acceptors (Lipinski definition) is 3. The van der Waals surface area contributed by atoms with E-state index in [1.165, 1.54) is 25.5 Å². The van der Waals surface area contributed by atoms with Gasteiger partial charge in [-0.2, -0.15) is 0 Å². The molecule has 0 aromatic heterocycles. The zero-order valence-corrected chi connectivity index (χ0v) is 10.3. The summed E-state index contributed by atoms with van der Waals surface area (Å²) in [4.78, 5) is 0. The molecule has 0 amide bonds. The van der Waals surface area contributed by atoms with Crippen LogP contribution in [-0.4, -0.2) is 20.7 Å². The SMILES string of the molecule is CS(=O)(=O)Cc1ccc(NC2CCC2)cc1. The Kier molecular flexibility index (Phi) is 3.19. The van der Waals surface area contributed by atoms with E-state index in [0.717, 1.165) is 11.3 Å². The average Bonchev–Trinajstić information content (AvgIpc) is 2.11. The minimum absolute atomic E-state index is 0.122. The summed E-state index contributed by atoms with van der Waals surface area (Å²) in [6.07, 6.45) is 5.05. The van der Waals surface area contributed by atoms with Crippen LogP contribution in [0.4, 0.5) is 5.69 Å². The fourth-order valence-electron chi connectivity index (χ4n) is 1.79. The lowest BCUT2D eigenvalue weighted by Gasteiger charge is -2.27. The van der Waals surface area contributed by atoms with Crippen LogP contribution in [0.3, 0.4) is 0 Å². The summed E-state index contributed by atoms with van der Waals surface area (Å²) in [6.45, 7) is 0. The number of rotatable bonds is 4. The number of anilines is 1. The summed E-state index contributed by atoms with van der Waals surface area (Å²) in [7, 11) is -2.93. The average molecular weight is 239 g/mol. The molecule has 16 heavy (non-hydrogen) atoms. The monoisotopic (exact) mass is 239 g/mol. The highest BCUT2D eigenvalue weighted by Gasteiger charge is 2.16. The summed E-state index contributed by atoms with van der Waals surface area (Å²) in [5.74, 6) is 0.122. The van der Waals surface area contributed by atoms with Crippen molar-refractivity contribution in [3.63, 3.8) is 0 Å². The van der Waals surface area contributed by atoms with Crippen molar-refractivity contribution < 1.29 is 8.42 Å². The van der Waals surface area contributed by atoms with Crippen molar-refractivity contribution in [3.8, 4) is 0 Å². The number of benzene rings is 1. The maximum Gasteiger partial charge on any atom is 0.151 e. The van der Waals surface area contributed by atoms with Crippen molar-refractivity contribution in [2.24, 2.45) is 0 Å². The highest BCUT2D eigenvalue weighted by molar-refractivity contribution is 7.89. The van der Waals surface area contributed by atoms with Gasteiger partial charge in [0.05, 0.1) is 5.75 Å². The van der Waals surface area contributed by atoms with Gasteiger partial charge in [-0.25, -0.2) is 8.42 Å². The third-order valence-corrected chi connectivity index (χ3v) is 3.72. The smallest absolute Gasteiger partial charge is 0.151 e. The van der Waals surface area contributed by atoms with Crippen LogP contribution in [-0.2, 0) is 15.6 Å².